The van der Waals surface area contributed by atoms with Crippen molar-refractivity contribution in [3.8, 4) is 0 Å². The lowest BCUT2D eigenvalue weighted by Crippen LogP contribution is -2.36. The van der Waals surface area contributed by atoms with Gasteiger partial charge in [-0.25, -0.2) is 8.78 Å². The van der Waals surface area contributed by atoms with Crippen molar-refractivity contribution in [1.29, 1.82) is 0 Å². The van der Waals surface area contributed by atoms with Gasteiger partial charge in [0.15, 0.2) is 0 Å². The maximum Gasteiger partial charge on any atom is 0.129 e. The SMILES string of the molecule is CC.CCCC(C)(CC)CCC(C)C1CCC(C2CCC(F)C(OC(C)C)C(F)C2)CC1. The van der Waals surface area contributed by atoms with Crippen LogP contribution >= 0.6 is 0 Å². The minimum absolute atomic E-state index is 0.119. The predicted octanol–water partition coefficient (Wildman–Crippen LogP) is 9.72. The van der Waals surface area contributed by atoms with Crippen molar-refractivity contribution in [3.05, 3.63) is 0 Å². The Labute approximate surface area is 199 Å². The fourth-order valence-electron chi connectivity index (χ4n) is 6.30. The first-order valence-corrected chi connectivity index (χ1v) is 14.1. The Bertz CT molecular complexity index is 474. The second-order valence-electron chi connectivity index (χ2n) is 11.4. The van der Waals surface area contributed by atoms with Gasteiger partial charge in [-0.15, -0.1) is 0 Å². The molecule has 192 valence electrons. The number of hydrogen-bond donors (Lipinski definition) is 0. The number of rotatable bonds is 10. The van der Waals surface area contributed by atoms with Crippen LogP contribution in [0.5, 0.6) is 0 Å². The minimum atomic E-state index is -1.16. The molecule has 0 aromatic heterocycles. The second kappa shape index (κ2) is 14.9. The highest BCUT2D eigenvalue weighted by Gasteiger charge is 2.40. The van der Waals surface area contributed by atoms with Crippen LogP contribution in [-0.4, -0.2) is 24.6 Å². The molecule has 0 N–H and O–H groups in total. The molecule has 32 heavy (non-hydrogen) atoms. The molecule has 0 bridgehead atoms. The summed E-state index contributed by atoms with van der Waals surface area (Å²) in [5.74, 6) is 2.53. The zero-order valence-corrected chi connectivity index (χ0v) is 22.8. The fourth-order valence-corrected chi connectivity index (χ4v) is 6.30. The van der Waals surface area contributed by atoms with Gasteiger partial charge < -0.3 is 4.74 Å². The van der Waals surface area contributed by atoms with Crippen LogP contribution in [0.25, 0.3) is 0 Å². The highest BCUT2D eigenvalue weighted by molar-refractivity contribution is 4.89. The highest BCUT2D eigenvalue weighted by Crippen LogP contribution is 2.44. The topological polar surface area (TPSA) is 9.23 Å². The normalized spacial score (nSPS) is 34.2. The summed E-state index contributed by atoms with van der Waals surface area (Å²) in [4.78, 5) is 0. The largest absolute Gasteiger partial charge is 0.369 e. The van der Waals surface area contributed by atoms with Crippen molar-refractivity contribution < 1.29 is 13.5 Å². The molecule has 6 unspecified atom stereocenters. The van der Waals surface area contributed by atoms with Crippen LogP contribution in [0.1, 0.15) is 132 Å². The molecule has 6 atom stereocenters. The monoisotopic (exact) mass is 458 g/mol. The first-order valence-electron chi connectivity index (χ1n) is 14.1. The van der Waals surface area contributed by atoms with Crippen molar-refractivity contribution in [2.75, 3.05) is 0 Å². The molecule has 0 spiro atoms. The van der Waals surface area contributed by atoms with E-state index in [1.807, 2.05) is 27.7 Å². The molecule has 0 radical (unpaired) electrons. The molecule has 0 aromatic rings. The van der Waals surface area contributed by atoms with Crippen molar-refractivity contribution in [3.63, 3.8) is 0 Å². The molecule has 0 aromatic carbocycles. The molecule has 2 fully saturated rings. The van der Waals surface area contributed by atoms with E-state index in [4.69, 9.17) is 4.74 Å². The average Bonchev–Trinajstić information content (AvgIpc) is 2.92. The van der Waals surface area contributed by atoms with Gasteiger partial charge in [0.1, 0.15) is 18.4 Å². The van der Waals surface area contributed by atoms with Crippen LogP contribution in [0.3, 0.4) is 0 Å². The summed E-state index contributed by atoms with van der Waals surface area (Å²) >= 11 is 0. The predicted molar refractivity (Wildman–Crippen MR) is 136 cm³/mol. The lowest BCUT2D eigenvalue weighted by Gasteiger charge is -2.37. The van der Waals surface area contributed by atoms with Crippen LogP contribution in [0.2, 0.25) is 0 Å². The Kier molecular flexibility index (Phi) is 13.9. The first-order chi connectivity index (χ1) is 15.2. The molecule has 2 saturated carbocycles. The number of ether oxygens (including phenoxy) is 1. The second-order valence-corrected chi connectivity index (χ2v) is 11.4. The van der Waals surface area contributed by atoms with E-state index in [1.54, 1.807) is 0 Å². The lowest BCUT2D eigenvalue weighted by atomic mass is 9.68. The summed E-state index contributed by atoms with van der Waals surface area (Å²) in [6.45, 7) is 17.3. The molecule has 0 amide bonds. The average molecular weight is 459 g/mol. The van der Waals surface area contributed by atoms with E-state index in [0.717, 1.165) is 18.3 Å². The Morgan fingerprint density at radius 1 is 0.844 bits per heavy atom. The van der Waals surface area contributed by atoms with Crippen LogP contribution < -0.4 is 0 Å². The molecular formula is C29H56F2O. The zero-order valence-electron chi connectivity index (χ0n) is 22.8. The molecule has 0 heterocycles. The minimum Gasteiger partial charge on any atom is -0.369 e. The summed E-state index contributed by atoms with van der Waals surface area (Å²) in [5, 5.41) is 0. The van der Waals surface area contributed by atoms with E-state index in [9.17, 15) is 8.78 Å². The number of alkyl halides is 2. The van der Waals surface area contributed by atoms with E-state index in [2.05, 4.69) is 27.7 Å². The van der Waals surface area contributed by atoms with Gasteiger partial charge in [0.25, 0.3) is 0 Å². The van der Waals surface area contributed by atoms with Gasteiger partial charge in [-0.2, -0.15) is 0 Å². The third kappa shape index (κ3) is 9.22. The molecule has 3 heteroatoms. The van der Waals surface area contributed by atoms with Crippen LogP contribution in [0.4, 0.5) is 8.78 Å². The van der Waals surface area contributed by atoms with Crippen LogP contribution in [-0.2, 0) is 4.74 Å². The third-order valence-corrected chi connectivity index (χ3v) is 8.68. The molecular weight excluding hydrogens is 402 g/mol. The highest BCUT2D eigenvalue weighted by atomic mass is 19.1. The summed E-state index contributed by atoms with van der Waals surface area (Å²) in [5.41, 5.74) is 0.508. The summed E-state index contributed by atoms with van der Waals surface area (Å²) in [7, 11) is 0. The number of halogens is 2. The summed E-state index contributed by atoms with van der Waals surface area (Å²) in [6.07, 6.45) is 10.1. The van der Waals surface area contributed by atoms with Gasteiger partial charge in [-0.05, 0) is 107 Å². The van der Waals surface area contributed by atoms with Crippen LogP contribution in [0.15, 0.2) is 0 Å². The smallest absolute Gasteiger partial charge is 0.129 e. The summed E-state index contributed by atoms with van der Waals surface area (Å²) in [6, 6.07) is 0. The van der Waals surface area contributed by atoms with Gasteiger partial charge in [0, 0.05) is 0 Å². The van der Waals surface area contributed by atoms with Gasteiger partial charge in [0.05, 0.1) is 6.10 Å². The molecule has 0 saturated heterocycles. The standard InChI is InChI=1S/C27H50F2O.C2H6/c1-7-16-27(6,8-2)17-15-20(5)21-9-11-22(12-10-21)23-13-14-24(28)26(25(29)18-23)30-19(3)4;1-2/h19-26H,7-18H2,1-6H3;1-2H3. The van der Waals surface area contributed by atoms with Gasteiger partial charge in [0.2, 0.25) is 0 Å². The Hall–Kier alpha value is -0.180. The van der Waals surface area contributed by atoms with E-state index in [-0.39, 0.29) is 6.10 Å². The molecule has 0 aliphatic heterocycles. The molecule has 2 aliphatic rings. The molecule has 1 nitrogen and oxygen atoms in total. The lowest BCUT2D eigenvalue weighted by molar-refractivity contribution is -0.0762. The Morgan fingerprint density at radius 2 is 1.44 bits per heavy atom. The van der Waals surface area contributed by atoms with E-state index in [1.165, 1.54) is 57.8 Å². The fraction of sp³-hybridized carbons (Fsp3) is 1.00. The Morgan fingerprint density at radius 3 is 1.97 bits per heavy atom. The van der Waals surface area contributed by atoms with Gasteiger partial charge in [-0.1, -0.05) is 54.4 Å². The first kappa shape index (κ1) is 29.9. The van der Waals surface area contributed by atoms with Crippen molar-refractivity contribution in [1.82, 2.24) is 0 Å². The van der Waals surface area contributed by atoms with Crippen LogP contribution in [0, 0.1) is 29.1 Å². The zero-order chi connectivity index (χ0) is 24.3. The molecule has 2 aliphatic carbocycles. The van der Waals surface area contributed by atoms with E-state index in [0.29, 0.717) is 30.1 Å². The molecule has 2 rings (SSSR count). The van der Waals surface area contributed by atoms with E-state index < -0.39 is 18.4 Å². The summed E-state index contributed by atoms with van der Waals surface area (Å²) < 4.78 is 35.0. The Balaban J connectivity index is 0.00000249. The maximum atomic E-state index is 14.9. The van der Waals surface area contributed by atoms with Crippen molar-refractivity contribution in [2.45, 2.75) is 157 Å². The van der Waals surface area contributed by atoms with Crippen molar-refractivity contribution >= 4 is 0 Å². The van der Waals surface area contributed by atoms with Gasteiger partial charge >= 0.3 is 0 Å². The number of hydrogen-bond acceptors (Lipinski definition) is 1. The van der Waals surface area contributed by atoms with E-state index >= 15 is 0 Å². The third-order valence-electron chi connectivity index (χ3n) is 8.68. The van der Waals surface area contributed by atoms with Crippen molar-refractivity contribution in [2.24, 2.45) is 29.1 Å². The quantitative estimate of drug-likeness (QED) is 0.296. The van der Waals surface area contributed by atoms with Gasteiger partial charge in [-0.3, -0.25) is 0 Å². The maximum absolute atomic E-state index is 14.9.